The predicted octanol–water partition coefficient (Wildman–Crippen LogP) is 7.18. The van der Waals surface area contributed by atoms with Crippen LogP contribution < -0.4 is 5.32 Å². The molecule has 0 fully saturated rings. The summed E-state index contributed by atoms with van der Waals surface area (Å²) in [6.45, 7) is 2.84. The van der Waals surface area contributed by atoms with Gasteiger partial charge in [0.05, 0.1) is 17.9 Å². The first-order valence-electron chi connectivity index (χ1n) is 9.95. The van der Waals surface area contributed by atoms with E-state index in [9.17, 15) is 0 Å². The fraction of sp³-hybridized carbons (Fsp3) is 0.348. The summed E-state index contributed by atoms with van der Waals surface area (Å²) in [4.78, 5) is 8.16. The van der Waals surface area contributed by atoms with Gasteiger partial charge in [0.1, 0.15) is 5.82 Å². The fourth-order valence-corrected chi connectivity index (χ4v) is 3.85. The van der Waals surface area contributed by atoms with E-state index in [2.05, 4.69) is 34.3 Å². The molecule has 0 aliphatic rings. The summed E-state index contributed by atoms with van der Waals surface area (Å²) >= 11 is 12.7. The summed E-state index contributed by atoms with van der Waals surface area (Å²) in [6.07, 6.45) is 7.80. The number of aromatic nitrogens is 2. The Hall–Kier alpha value is -1.81. The van der Waals surface area contributed by atoms with E-state index in [4.69, 9.17) is 23.2 Å². The van der Waals surface area contributed by atoms with Gasteiger partial charge in [-0.1, -0.05) is 92.2 Å². The van der Waals surface area contributed by atoms with Gasteiger partial charge in [0.25, 0.3) is 0 Å². The van der Waals surface area contributed by atoms with Crippen LogP contribution in [0.3, 0.4) is 0 Å². The Bertz CT molecular complexity index is 841. The van der Waals surface area contributed by atoms with E-state index < -0.39 is 0 Å². The summed E-state index contributed by atoms with van der Waals surface area (Å²) in [6, 6.07) is 16.0. The van der Waals surface area contributed by atoms with Crippen LogP contribution in [0.25, 0.3) is 11.3 Å². The molecule has 1 unspecified atom stereocenters. The Morgan fingerprint density at radius 2 is 1.71 bits per heavy atom. The van der Waals surface area contributed by atoms with Gasteiger partial charge in [-0.3, -0.25) is 0 Å². The molecule has 1 aromatic heterocycles. The third kappa shape index (κ3) is 5.60. The Morgan fingerprint density at radius 1 is 0.964 bits per heavy atom. The minimum atomic E-state index is 0.127. The highest BCUT2D eigenvalue weighted by Crippen LogP contribution is 2.27. The zero-order chi connectivity index (χ0) is 19.8. The molecule has 0 aliphatic heterocycles. The molecule has 0 radical (unpaired) electrons. The molecule has 0 amide bonds. The number of nitrogens with one attached hydrogen (secondary N) is 2. The first kappa shape index (κ1) is 20.9. The second-order valence-corrected chi connectivity index (χ2v) is 7.85. The molecule has 3 aromatic rings. The monoisotopic (exact) mass is 415 g/mol. The maximum Gasteiger partial charge on any atom is 0.123 e. The largest absolute Gasteiger partial charge is 0.341 e. The second kappa shape index (κ2) is 10.7. The van der Waals surface area contributed by atoms with E-state index in [-0.39, 0.29) is 6.04 Å². The maximum absolute atomic E-state index is 6.34. The molecule has 0 saturated carbocycles. The Kier molecular flexibility index (Phi) is 7.96. The topological polar surface area (TPSA) is 40.7 Å². The molecular formula is C23H27Cl2N3. The van der Waals surface area contributed by atoms with Crippen LogP contribution in [0.2, 0.25) is 10.0 Å². The molecule has 5 heteroatoms. The Morgan fingerprint density at radius 3 is 2.43 bits per heavy atom. The van der Waals surface area contributed by atoms with Crippen molar-refractivity contribution in [2.24, 2.45) is 0 Å². The van der Waals surface area contributed by atoms with Gasteiger partial charge in [0, 0.05) is 22.2 Å². The Balaban J connectivity index is 1.74. The van der Waals surface area contributed by atoms with Crippen molar-refractivity contribution in [3.8, 4) is 11.3 Å². The van der Waals surface area contributed by atoms with Crippen LogP contribution in [0, 0.1) is 0 Å². The average Bonchev–Trinajstić information content (AvgIpc) is 3.20. The van der Waals surface area contributed by atoms with Crippen LogP contribution in [0.1, 0.15) is 56.5 Å². The number of hydrogen-bond acceptors (Lipinski definition) is 2. The van der Waals surface area contributed by atoms with E-state index >= 15 is 0 Å². The minimum Gasteiger partial charge on any atom is -0.341 e. The van der Waals surface area contributed by atoms with Crippen LogP contribution in [-0.4, -0.2) is 9.97 Å². The molecule has 148 valence electrons. The van der Waals surface area contributed by atoms with Crippen LogP contribution in [0.4, 0.5) is 0 Å². The third-order valence-electron chi connectivity index (χ3n) is 4.94. The maximum atomic E-state index is 6.34. The molecule has 1 atom stereocenters. The van der Waals surface area contributed by atoms with Crippen molar-refractivity contribution in [3.63, 3.8) is 0 Å². The van der Waals surface area contributed by atoms with Gasteiger partial charge >= 0.3 is 0 Å². The number of imidazole rings is 1. The van der Waals surface area contributed by atoms with Gasteiger partial charge in [0.15, 0.2) is 0 Å². The molecule has 0 bridgehead atoms. The number of aromatic amines is 1. The van der Waals surface area contributed by atoms with Gasteiger partial charge in [-0.25, -0.2) is 4.98 Å². The summed E-state index contributed by atoms with van der Waals surface area (Å²) < 4.78 is 0. The summed E-state index contributed by atoms with van der Waals surface area (Å²) in [5.74, 6) is 0.957. The zero-order valence-corrected chi connectivity index (χ0v) is 17.7. The number of halogens is 2. The smallest absolute Gasteiger partial charge is 0.123 e. The molecule has 0 aliphatic carbocycles. The highest BCUT2D eigenvalue weighted by molar-refractivity contribution is 6.35. The molecule has 0 spiro atoms. The summed E-state index contributed by atoms with van der Waals surface area (Å²) in [5, 5.41) is 4.99. The van der Waals surface area contributed by atoms with Gasteiger partial charge in [0.2, 0.25) is 0 Å². The molecule has 3 rings (SSSR count). The number of hydrogen-bond donors (Lipinski definition) is 2. The van der Waals surface area contributed by atoms with Gasteiger partial charge < -0.3 is 10.3 Å². The molecular weight excluding hydrogens is 389 g/mol. The standard InChI is InChI=1S/C23H27Cl2N3/c1-2-3-4-8-14-21(26-15-18-19(24)12-9-13-20(18)25)23-27-16-22(28-23)17-10-6-5-7-11-17/h5-7,9-13,16,21,26H,2-4,8,14-15H2,1H3,(H,27,28). The Labute approximate surface area is 177 Å². The van der Waals surface area contributed by atoms with Crippen molar-refractivity contribution in [1.82, 2.24) is 15.3 Å². The van der Waals surface area contributed by atoms with E-state index in [1.807, 2.05) is 42.6 Å². The van der Waals surface area contributed by atoms with Crippen molar-refractivity contribution < 1.29 is 0 Å². The van der Waals surface area contributed by atoms with Crippen LogP contribution >= 0.6 is 23.2 Å². The highest BCUT2D eigenvalue weighted by atomic mass is 35.5. The molecule has 1 heterocycles. The molecule has 28 heavy (non-hydrogen) atoms. The molecule has 2 N–H and O–H groups in total. The third-order valence-corrected chi connectivity index (χ3v) is 5.65. The van der Waals surface area contributed by atoms with E-state index in [0.717, 1.165) is 35.5 Å². The SMILES string of the molecule is CCCCCCC(NCc1c(Cl)cccc1Cl)c1ncc(-c2ccccc2)[nH]1. The van der Waals surface area contributed by atoms with E-state index in [1.54, 1.807) is 0 Å². The van der Waals surface area contributed by atoms with Crippen molar-refractivity contribution in [2.75, 3.05) is 0 Å². The highest BCUT2D eigenvalue weighted by Gasteiger charge is 2.16. The van der Waals surface area contributed by atoms with Crippen molar-refractivity contribution >= 4 is 23.2 Å². The van der Waals surface area contributed by atoms with Crippen molar-refractivity contribution in [2.45, 2.75) is 51.6 Å². The first-order chi connectivity index (χ1) is 13.7. The van der Waals surface area contributed by atoms with Crippen molar-refractivity contribution in [3.05, 3.63) is 76.2 Å². The number of unbranched alkanes of at least 4 members (excludes halogenated alkanes) is 3. The molecule has 3 nitrogen and oxygen atoms in total. The van der Waals surface area contributed by atoms with Gasteiger partial charge in [-0.05, 0) is 24.1 Å². The van der Waals surface area contributed by atoms with Gasteiger partial charge in [-0.15, -0.1) is 0 Å². The number of H-pyrrole nitrogens is 1. The average molecular weight is 416 g/mol. The first-order valence-corrected chi connectivity index (χ1v) is 10.7. The fourth-order valence-electron chi connectivity index (χ4n) is 3.32. The summed E-state index contributed by atoms with van der Waals surface area (Å²) in [5.41, 5.74) is 3.10. The lowest BCUT2D eigenvalue weighted by Gasteiger charge is -2.18. The lowest BCUT2D eigenvalue weighted by Crippen LogP contribution is -2.22. The predicted molar refractivity (Wildman–Crippen MR) is 119 cm³/mol. The minimum absolute atomic E-state index is 0.127. The molecule has 0 saturated heterocycles. The quantitative estimate of drug-likeness (QED) is 0.344. The van der Waals surface area contributed by atoms with Crippen molar-refractivity contribution in [1.29, 1.82) is 0 Å². The number of rotatable bonds is 10. The van der Waals surface area contributed by atoms with Gasteiger partial charge in [-0.2, -0.15) is 0 Å². The van der Waals surface area contributed by atoms with Crippen LogP contribution in [-0.2, 0) is 6.54 Å². The lowest BCUT2D eigenvalue weighted by molar-refractivity contribution is 0.453. The number of nitrogens with zero attached hydrogens (tertiary/aromatic N) is 1. The van der Waals surface area contributed by atoms with E-state index in [1.165, 1.54) is 19.3 Å². The number of benzene rings is 2. The van der Waals surface area contributed by atoms with Crippen LogP contribution in [0.15, 0.2) is 54.7 Å². The lowest BCUT2D eigenvalue weighted by atomic mass is 10.1. The normalized spacial score (nSPS) is 12.2. The summed E-state index contributed by atoms with van der Waals surface area (Å²) in [7, 11) is 0. The molecule has 2 aromatic carbocycles. The second-order valence-electron chi connectivity index (χ2n) is 7.03. The van der Waals surface area contributed by atoms with Crippen LogP contribution in [0.5, 0.6) is 0 Å². The zero-order valence-electron chi connectivity index (χ0n) is 16.2. The van der Waals surface area contributed by atoms with E-state index in [0.29, 0.717) is 16.6 Å².